The number of benzene rings is 1. The van der Waals surface area contributed by atoms with E-state index in [4.69, 9.17) is 4.74 Å². The first-order valence-electron chi connectivity index (χ1n) is 10.7. The van der Waals surface area contributed by atoms with Crippen LogP contribution in [0.4, 0.5) is 14.9 Å². The zero-order chi connectivity index (χ0) is 19.8. The normalized spacial score (nSPS) is 28.3. The molecule has 1 aromatic heterocycles. The van der Waals surface area contributed by atoms with Crippen molar-refractivity contribution in [3.8, 4) is 0 Å². The maximum Gasteiger partial charge on any atom is 0.415 e. The van der Waals surface area contributed by atoms with Crippen LogP contribution < -0.4 is 4.90 Å². The molecular weight excluding hydrogens is 387 g/mol. The number of anilines is 1. The predicted molar refractivity (Wildman–Crippen MR) is 112 cm³/mol. The first kappa shape index (κ1) is 19.1. The van der Waals surface area contributed by atoms with Gasteiger partial charge in [-0.05, 0) is 36.4 Å². The molecule has 1 aliphatic carbocycles. The second-order valence-corrected chi connectivity index (χ2v) is 10.0. The molecule has 0 radical (unpaired) electrons. The summed E-state index contributed by atoms with van der Waals surface area (Å²) >= 11 is 1.57. The van der Waals surface area contributed by atoms with Gasteiger partial charge in [0.15, 0.2) is 6.10 Å². The molecule has 0 unspecified atom stereocenters. The highest BCUT2D eigenvalue weighted by molar-refractivity contribution is 7.09. The van der Waals surface area contributed by atoms with Gasteiger partial charge in [-0.1, -0.05) is 18.2 Å². The van der Waals surface area contributed by atoms with Crippen molar-refractivity contribution >= 4 is 23.1 Å². The third-order valence-electron chi connectivity index (χ3n) is 6.89. The van der Waals surface area contributed by atoms with Gasteiger partial charge >= 0.3 is 6.09 Å². The molecular formula is C23H28FN2O2S+. The minimum absolute atomic E-state index is 0.0543. The number of piperidine rings is 3. The lowest BCUT2D eigenvalue weighted by Crippen LogP contribution is -2.65. The number of rotatable bonds is 6. The monoisotopic (exact) mass is 415 g/mol. The number of carbonyl (C=O) groups excluding carboxylic acids is 1. The molecule has 1 saturated carbocycles. The summed E-state index contributed by atoms with van der Waals surface area (Å²) in [7, 11) is 0. The molecule has 154 valence electrons. The Morgan fingerprint density at radius 3 is 2.62 bits per heavy atom. The minimum Gasteiger partial charge on any atom is -0.440 e. The van der Waals surface area contributed by atoms with E-state index in [9.17, 15) is 9.18 Å². The van der Waals surface area contributed by atoms with Crippen molar-refractivity contribution in [1.82, 2.24) is 0 Å². The van der Waals surface area contributed by atoms with Gasteiger partial charge in [-0.25, -0.2) is 9.18 Å². The molecule has 4 aliphatic rings. The minimum atomic E-state index is -0.424. The van der Waals surface area contributed by atoms with Crippen LogP contribution in [0.3, 0.4) is 0 Å². The Kier molecular flexibility index (Phi) is 5.08. The highest BCUT2D eigenvalue weighted by Crippen LogP contribution is 2.41. The van der Waals surface area contributed by atoms with Crippen molar-refractivity contribution in [1.29, 1.82) is 0 Å². The number of amides is 1. The van der Waals surface area contributed by atoms with Crippen LogP contribution in [0.5, 0.6) is 0 Å². The molecule has 4 nitrogen and oxygen atoms in total. The maximum absolute atomic E-state index is 14.5. The molecule has 3 saturated heterocycles. The summed E-state index contributed by atoms with van der Waals surface area (Å²) in [6.45, 7) is 4.95. The second kappa shape index (κ2) is 7.73. The molecule has 3 aliphatic heterocycles. The van der Waals surface area contributed by atoms with Crippen molar-refractivity contribution in [3.05, 3.63) is 52.5 Å². The van der Waals surface area contributed by atoms with Gasteiger partial charge in [0.05, 0.1) is 31.9 Å². The van der Waals surface area contributed by atoms with Gasteiger partial charge in [0.2, 0.25) is 0 Å². The van der Waals surface area contributed by atoms with Gasteiger partial charge in [0.25, 0.3) is 0 Å². The molecule has 29 heavy (non-hydrogen) atoms. The number of para-hydroxylation sites is 1. The molecule has 1 atom stereocenters. The number of hydrogen-bond donors (Lipinski definition) is 0. The number of hydrogen-bond acceptors (Lipinski definition) is 3. The largest absolute Gasteiger partial charge is 0.440 e. The maximum atomic E-state index is 14.5. The number of fused-ring (bicyclic) bond motifs is 3. The number of quaternary nitrogens is 1. The van der Waals surface area contributed by atoms with Gasteiger partial charge in [-0.2, -0.15) is 0 Å². The summed E-state index contributed by atoms with van der Waals surface area (Å²) in [4.78, 5) is 15.7. The summed E-state index contributed by atoms with van der Waals surface area (Å²) in [6, 6.07) is 10.4. The highest BCUT2D eigenvalue weighted by atomic mass is 32.1. The van der Waals surface area contributed by atoms with Crippen LogP contribution >= 0.6 is 11.3 Å². The fourth-order valence-electron chi connectivity index (χ4n) is 5.13. The van der Waals surface area contributed by atoms with Crippen LogP contribution in [-0.4, -0.2) is 42.9 Å². The van der Waals surface area contributed by atoms with Gasteiger partial charge in [-0.15, -0.1) is 11.3 Å². The summed E-state index contributed by atoms with van der Waals surface area (Å²) < 4.78 is 21.7. The van der Waals surface area contributed by atoms with E-state index in [1.165, 1.54) is 43.4 Å². The van der Waals surface area contributed by atoms with E-state index in [1.54, 1.807) is 29.5 Å². The van der Waals surface area contributed by atoms with Crippen molar-refractivity contribution in [2.45, 2.75) is 38.3 Å². The highest BCUT2D eigenvalue weighted by Gasteiger charge is 2.49. The Balaban J connectivity index is 1.34. The number of carbonyl (C=O) groups is 1. The average molecular weight is 416 g/mol. The van der Waals surface area contributed by atoms with E-state index in [2.05, 4.69) is 0 Å². The molecule has 6 rings (SSSR count). The van der Waals surface area contributed by atoms with E-state index >= 15 is 0 Å². The fraction of sp³-hybridized carbons (Fsp3) is 0.522. The topological polar surface area (TPSA) is 29.5 Å². The zero-order valence-electron chi connectivity index (χ0n) is 16.6. The quantitative estimate of drug-likeness (QED) is 0.618. The van der Waals surface area contributed by atoms with Crippen LogP contribution in [0.1, 0.15) is 30.6 Å². The molecule has 4 heterocycles. The first-order chi connectivity index (χ1) is 14.1. The molecule has 1 aromatic carbocycles. The van der Waals surface area contributed by atoms with E-state index in [0.29, 0.717) is 12.5 Å². The standard InChI is InChI=1S/C23H28FN2O2S/c24-20-5-1-2-6-21(20)25(14-19-4-3-13-29-19)23(27)28-22-16-26(15-17-7-8-17)11-9-18(22)10-12-26/h1-6,13,17-18,22H,7-12,14-16H2/q+1/t18?,22-,26?/m0/s1. The Labute approximate surface area is 175 Å². The third-order valence-corrected chi connectivity index (χ3v) is 7.75. The molecule has 0 N–H and O–H groups in total. The Bertz CT molecular complexity index is 860. The Morgan fingerprint density at radius 2 is 1.93 bits per heavy atom. The first-order valence-corrected chi connectivity index (χ1v) is 11.6. The lowest BCUT2D eigenvalue weighted by molar-refractivity contribution is -0.947. The molecule has 1 amide bonds. The SMILES string of the molecule is O=C(O[C@H]1C[N+]2(CC3CC3)CCC1CC2)N(Cc1cccs1)c1ccccc1F. The van der Waals surface area contributed by atoms with Crippen molar-refractivity contribution in [2.75, 3.05) is 31.1 Å². The van der Waals surface area contributed by atoms with Gasteiger partial charge in [0, 0.05) is 29.6 Å². The van der Waals surface area contributed by atoms with Crippen molar-refractivity contribution < 1.29 is 18.4 Å². The van der Waals surface area contributed by atoms with E-state index in [1.807, 2.05) is 17.5 Å². The van der Waals surface area contributed by atoms with Crippen LogP contribution in [0, 0.1) is 17.7 Å². The summed E-state index contributed by atoms with van der Waals surface area (Å²) in [6.07, 6.45) is 4.50. The molecule has 2 bridgehead atoms. The Morgan fingerprint density at radius 1 is 1.14 bits per heavy atom. The van der Waals surface area contributed by atoms with E-state index in [-0.39, 0.29) is 11.8 Å². The zero-order valence-corrected chi connectivity index (χ0v) is 17.5. The molecule has 0 spiro atoms. The fourth-order valence-corrected chi connectivity index (χ4v) is 5.82. The summed E-state index contributed by atoms with van der Waals surface area (Å²) in [5.41, 5.74) is 0.286. The van der Waals surface area contributed by atoms with Gasteiger partial charge < -0.3 is 9.22 Å². The number of nitrogens with zero attached hydrogens (tertiary/aromatic N) is 2. The molecule has 6 heteroatoms. The van der Waals surface area contributed by atoms with Crippen LogP contribution in [0.25, 0.3) is 0 Å². The summed E-state index contributed by atoms with van der Waals surface area (Å²) in [5, 5.41) is 1.97. The van der Waals surface area contributed by atoms with E-state index < -0.39 is 11.9 Å². The predicted octanol–water partition coefficient (Wildman–Crippen LogP) is 5.05. The number of halogens is 1. The van der Waals surface area contributed by atoms with E-state index in [0.717, 1.165) is 34.7 Å². The number of thiophene rings is 1. The van der Waals surface area contributed by atoms with Gasteiger partial charge in [-0.3, -0.25) is 4.90 Å². The second-order valence-electron chi connectivity index (χ2n) is 8.97. The molecule has 2 aromatic rings. The van der Waals surface area contributed by atoms with Crippen molar-refractivity contribution in [3.63, 3.8) is 0 Å². The van der Waals surface area contributed by atoms with Crippen LogP contribution in [0.15, 0.2) is 41.8 Å². The average Bonchev–Trinajstić information content (AvgIpc) is 3.37. The number of ether oxygens (including phenoxy) is 1. The lowest BCUT2D eigenvalue weighted by atomic mass is 9.83. The Hall–Kier alpha value is -1.92. The third kappa shape index (κ3) is 4.05. The van der Waals surface area contributed by atoms with Crippen LogP contribution in [-0.2, 0) is 11.3 Å². The van der Waals surface area contributed by atoms with Crippen LogP contribution in [0.2, 0.25) is 0 Å². The summed E-state index contributed by atoms with van der Waals surface area (Å²) in [5.74, 6) is 0.921. The van der Waals surface area contributed by atoms with Crippen molar-refractivity contribution in [2.24, 2.45) is 11.8 Å². The van der Waals surface area contributed by atoms with Gasteiger partial charge in [0.1, 0.15) is 12.4 Å². The smallest absolute Gasteiger partial charge is 0.415 e. The lowest BCUT2D eigenvalue weighted by Gasteiger charge is -2.52. The molecule has 4 fully saturated rings.